The molecule has 1 aromatic carbocycles. The molecular weight excluding hydrogens is 207 g/mol. The second-order valence-electron chi connectivity index (χ2n) is 2.10. The highest BCUT2D eigenvalue weighted by atomic mass is 35.5. The minimum absolute atomic E-state index is 0.0754. The molecule has 0 aromatic heterocycles. The van der Waals surface area contributed by atoms with Crippen molar-refractivity contribution in [2.45, 2.75) is 0 Å². The Morgan fingerprint density at radius 1 is 1.25 bits per heavy atom. The number of nitrogens with one attached hydrogen (secondary N) is 1. The molecule has 0 saturated heterocycles. The zero-order valence-corrected chi connectivity index (χ0v) is 7.60. The van der Waals surface area contributed by atoms with Gasteiger partial charge in [0.25, 0.3) is 0 Å². The zero-order chi connectivity index (χ0) is 9.30. The normalized spacial score (nSPS) is 10.1. The second kappa shape index (κ2) is 3.46. The Morgan fingerprint density at radius 2 is 1.83 bits per heavy atom. The van der Waals surface area contributed by atoms with Crippen molar-refractivity contribution < 1.29 is 8.78 Å². The summed E-state index contributed by atoms with van der Waals surface area (Å²) in [5.41, 5.74) is 0.0754. The summed E-state index contributed by atoms with van der Waals surface area (Å²) in [5.74, 6) is -1.77. The maximum atomic E-state index is 12.9. The van der Waals surface area contributed by atoms with Crippen LogP contribution in [0.5, 0.6) is 0 Å². The number of rotatable bonds is 1. The lowest BCUT2D eigenvalue weighted by Gasteiger charge is -2.05. The van der Waals surface area contributed by atoms with E-state index in [1.54, 1.807) is 0 Å². The van der Waals surface area contributed by atoms with E-state index >= 15 is 0 Å². The van der Waals surface area contributed by atoms with Crippen LogP contribution >= 0.6 is 23.2 Å². The van der Waals surface area contributed by atoms with Gasteiger partial charge in [-0.2, -0.15) is 0 Å². The molecule has 0 radical (unpaired) electrons. The van der Waals surface area contributed by atoms with Crippen LogP contribution in [0.4, 0.5) is 14.5 Å². The van der Waals surface area contributed by atoms with Crippen molar-refractivity contribution in [1.29, 1.82) is 0 Å². The van der Waals surface area contributed by atoms with E-state index in [0.29, 0.717) is 0 Å². The Kier molecular flexibility index (Phi) is 2.75. The average molecular weight is 212 g/mol. The Morgan fingerprint density at radius 3 is 2.33 bits per heavy atom. The van der Waals surface area contributed by atoms with Crippen LogP contribution in [0.1, 0.15) is 0 Å². The molecule has 5 heteroatoms. The number of hydrogen-bond acceptors (Lipinski definition) is 1. The summed E-state index contributed by atoms with van der Waals surface area (Å²) in [4.78, 5) is 0. The van der Waals surface area contributed by atoms with Gasteiger partial charge in [-0.05, 0) is 6.07 Å². The predicted octanol–water partition coefficient (Wildman–Crippen LogP) is 3.31. The van der Waals surface area contributed by atoms with Gasteiger partial charge < -0.3 is 5.32 Å². The molecule has 0 atom stereocenters. The molecule has 1 nitrogen and oxygen atoms in total. The van der Waals surface area contributed by atoms with Crippen LogP contribution in [0.15, 0.2) is 6.07 Å². The Hall–Kier alpha value is -0.540. The third kappa shape index (κ3) is 1.47. The molecule has 0 aliphatic rings. The third-order valence-electron chi connectivity index (χ3n) is 1.37. The zero-order valence-electron chi connectivity index (χ0n) is 6.09. The smallest absolute Gasteiger partial charge is 0.167 e. The van der Waals surface area contributed by atoms with E-state index in [2.05, 4.69) is 5.32 Å². The number of hydrogen-bond donors (Lipinski definition) is 1. The highest BCUT2D eigenvalue weighted by Crippen LogP contribution is 2.30. The minimum Gasteiger partial charge on any atom is -0.386 e. The van der Waals surface area contributed by atoms with Gasteiger partial charge in [0, 0.05) is 7.05 Å². The van der Waals surface area contributed by atoms with Gasteiger partial charge in [-0.1, -0.05) is 23.2 Å². The predicted molar refractivity (Wildman–Crippen MR) is 45.9 cm³/mol. The first-order valence-corrected chi connectivity index (χ1v) is 3.84. The highest BCUT2D eigenvalue weighted by molar-refractivity contribution is 6.35. The molecule has 1 rings (SSSR count). The molecule has 0 bridgehead atoms. The van der Waals surface area contributed by atoms with E-state index in [1.165, 1.54) is 7.05 Å². The molecule has 0 amide bonds. The molecule has 66 valence electrons. The van der Waals surface area contributed by atoms with Gasteiger partial charge >= 0.3 is 0 Å². The van der Waals surface area contributed by atoms with Gasteiger partial charge in [-0.15, -0.1) is 0 Å². The molecule has 0 heterocycles. The fourth-order valence-electron chi connectivity index (χ4n) is 0.755. The summed E-state index contributed by atoms with van der Waals surface area (Å²) in [7, 11) is 1.49. The lowest BCUT2D eigenvalue weighted by atomic mass is 10.3. The highest BCUT2D eigenvalue weighted by Gasteiger charge is 2.14. The second-order valence-corrected chi connectivity index (χ2v) is 2.88. The van der Waals surface area contributed by atoms with E-state index < -0.39 is 16.7 Å². The molecule has 12 heavy (non-hydrogen) atoms. The summed E-state index contributed by atoms with van der Waals surface area (Å²) in [6.45, 7) is 0. The van der Waals surface area contributed by atoms with Crippen LogP contribution in [0.3, 0.4) is 0 Å². The minimum atomic E-state index is -0.935. The fraction of sp³-hybridized carbons (Fsp3) is 0.143. The van der Waals surface area contributed by atoms with Crippen molar-refractivity contribution in [2.75, 3.05) is 12.4 Å². The summed E-state index contributed by atoms with van der Waals surface area (Å²) in [6, 6.07) is 1.14. The topological polar surface area (TPSA) is 12.0 Å². The van der Waals surface area contributed by atoms with Crippen molar-refractivity contribution in [3.63, 3.8) is 0 Å². The van der Waals surface area contributed by atoms with Gasteiger partial charge in [0.2, 0.25) is 0 Å². The van der Waals surface area contributed by atoms with Gasteiger partial charge in [-0.3, -0.25) is 0 Å². The largest absolute Gasteiger partial charge is 0.386 e. The summed E-state index contributed by atoms with van der Waals surface area (Å²) in [6.07, 6.45) is 0. The maximum Gasteiger partial charge on any atom is 0.167 e. The first-order chi connectivity index (χ1) is 5.57. The summed E-state index contributed by atoms with van der Waals surface area (Å²) >= 11 is 10.7. The quantitative estimate of drug-likeness (QED) is 0.556. The van der Waals surface area contributed by atoms with Crippen LogP contribution in [0.25, 0.3) is 0 Å². The Bertz CT molecular complexity index is 315. The third-order valence-corrected chi connectivity index (χ3v) is 1.98. The van der Waals surface area contributed by atoms with E-state index in [1.807, 2.05) is 0 Å². The molecular formula is C7H5Cl2F2N. The first-order valence-electron chi connectivity index (χ1n) is 3.08. The van der Waals surface area contributed by atoms with E-state index in [-0.39, 0.29) is 10.7 Å². The van der Waals surface area contributed by atoms with Crippen molar-refractivity contribution in [2.24, 2.45) is 0 Å². The molecule has 0 saturated carbocycles. The van der Waals surface area contributed by atoms with E-state index in [9.17, 15) is 8.78 Å². The Labute approximate surface area is 78.3 Å². The van der Waals surface area contributed by atoms with E-state index in [4.69, 9.17) is 23.2 Å². The van der Waals surface area contributed by atoms with Crippen LogP contribution < -0.4 is 5.32 Å². The number of anilines is 1. The van der Waals surface area contributed by atoms with E-state index in [0.717, 1.165) is 6.07 Å². The molecule has 1 N–H and O–H groups in total. The van der Waals surface area contributed by atoms with Crippen LogP contribution in [0.2, 0.25) is 10.0 Å². The van der Waals surface area contributed by atoms with Crippen LogP contribution in [0, 0.1) is 11.6 Å². The Balaban J connectivity index is 3.39. The number of benzene rings is 1. The molecule has 0 fully saturated rings. The lowest BCUT2D eigenvalue weighted by molar-refractivity contribution is 0.587. The van der Waals surface area contributed by atoms with Crippen molar-refractivity contribution in [1.82, 2.24) is 0 Å². The van der Waals surface area contributed by atoms with Crippen molar-refractivity contribution in [3.05, 3.63) is 27.7 Å². The van der Waals surface area contributed by atoms with Crippen molar-refractivity contribution in [3.8, 4) is 0 Å². The van der Waals surface area contributed by atoms with Gasteiger partial charge in [0.15, 0.2) is 11.6 Å². The molecule has 0 unspecified atom stereocenters. The maximum absolute atomic E-state index is 12.9. The SMILES string of the molecule is CNc1cc(Cl)c(F)c(Cl)c1F. The van der Waals surface area contributed by atoms with Gasteiger partial charge in [-0.25, -0.2) is 8.78 Å². The molecule has 0 aliphatic heterocycles. The first kappa shape index (κ1) is 9.55. The molecule has 1 aromatic rings. The monoisotopic (exact) mass is 211 g/mol. The summed E-state index contributed by atoms with van der Waals surface area (Å²) in [5, 5.41) is 1.70. The molecule has 0 spiro atoms. The summed E-state index contributed by atoms with van der Waals surface area (Å²) < 4.78 is 25.7. The lowest BCUT2D eigenvalue weighted by Crippen LogP contribution is -1.95. The molecule has 0 aliphatic carbocycles. The average Bonchev–Trinajstić information content (AvgIpc) is 2.08. The van der Waals surface area contributed by atoms with Gasteiger partial charge in [0.05, 0.1) is 10.7 Å². The van der Waals surface area contributed by atoms with Crippen LogP contribution in [-0.2, 0) is 0 Å². The van der Waals surface area contributed by atoms with Gasteiger partial charge in [0.1, 0.15) is 5.02 Å². The van der Waals surface area contributed by atoms with Crippen LogP contribution in [-0.4, -0.2) is 7.05 Å². The fourth-order valence-corrected chi connectivity index (χ4v) is 1.21. The standard InChI is InChI=1S/C7H5Cl2F2N/c1-12-4-2-3(8)6(10)5(9)7(4)11/h2,12H,1H3. The van der Waals surface area contributed by atoms with Crippen molar-refractivity contribution >= 4 is 28.9 Å². The number of halogens is 4.